The number of carbonyl (C=O) groups is 3. The monoisotopic (exact) mass is 576 g/mol. The van der Waals surface area contributed by atoms with Crippen LogP contribution in [0.1, 0.15) is 31.4 Å². The number of hydrogen-bond donors (Lipinski definition) is 3. The van der Waals surface area contributed by atoms with Crippen molar-refractivity contribution in [2.45, 2.75) is 32.5 Å². The Bertz CT molecular complexity index is 1130. The Hall–Kier alpha value is -3.12. The van der Waals surface area contributed by atoms with Crippen LogP contribution in [0.25, 0.3) is 0 Å². The van der Waals surface area contributed by atoms with Crippen molar-refractivity contribution in [1.29, 1.82) is 0 Å². The average molecular weight is 578 g/mol. The van der Waals surface area contributed by atoms with Gasteiger partial charge in [0.1, 0.15) is 5.75 Å². The molecule has 188 valence electrons. The highest BCUT2D eigenvalue weighted by Gasteiger charge is 2.34. The second kappa shape index (κ2) is 12.5. The molecule has 0 fully saturated rings. The van der Waals surface area contributed by atoms with Gasteiger partial charge in [0.25, 0.3) is 5.91 Å². The van der Waals surface area contributed by atoms with Crippen molar-refractivity contribution in [2.24, 2.45) is 5.10 Å². The van der Waals surface area contributed by atoms with E-state index in [2.05, 4.69) is 37.1 Å². The number of alkyl halides is 3. The number of halogens is 5. The van der Waals surface area contributed by atoms with Gasteiger partial charge in [-0.25, -0.2) is 5.43 Å². The molecule has 0 saturated heterocycles. The van der Waals surface area contributed by atoms with Crippen LogP contribution in [0.5, 0.6) is 5.75 Å². The fourth-order valence-electron chi connectivity index (χ4n) is 2.54. The lowest BCUT2D eigenvalue weighted by atomic mass is 10.1. The second-order valence-electron chi connectivity index (χ2n) is 7.19. The molecule has 8 nitrogen and oxygen atoms in total. The molecule has 0 spiro atoms. The lowest BCUT2D eigenvalue weighted by Gasteiger charge is -2.15. The quantitative estimate of drug-likeness (QED) is 0.244. The minimum atomic E-state index is -4.68. The fraction of sp³-hybridized carbons (Fsp3) is 0.273. The average Bonchev–Trinajstić information content (AvgIpc) is 2.78. The molecule has 0 aliphatic heterocycles. The number of hydrogen-bond acceptors (Lipinski definition) is 5. The van der Waals surface area contributed by atoms with E-state index in [4.69, 9.17) is 16.3 Å². The van der Waals surface area contributed by atoms with E-state index in [1.165, 1.54) is 24.3 Å². The van der Waals surface area contributed by atoms with Crippen molar-refractivity contribution in [1.82, 2.24) is 10.7 Å². The SMILES string of the molecule is CC[C@H](C)NC(=O)C(=O)N/N=C\c1cc(Cl)ccc1OCC(=O)Nc1ccc(Br)cc1C(F)(F)F. The molecule has 0 aromatic heterocycles. The molecular weight excluding hydrogens is 557 g/mol. The maximum absolute atomic E-state index is 13.2. The summed E-state index contributed by atoms with van der Waals surface area (Å²) < 4.78 is 45.3. The van der Waals surface area contributed by atoms with Crippen LogP contribution in [-0.2, 0) is 20.6 Å². The highest BCUT2D eigenvalue weighted by molar-refractivity contribution is 9.10. The molecule has 0 radical (unpaired) electrons. The summed E-state index contributed by atoms with van der Waals surface area (Å²) in [5.41, 5.74) is 0.857. The zero-order valence-electron chi connectivity index (χ0n) is 18.5. The van der Waals surface area contributed by atoms with Crippen LogP contribution in [0, 0.1) is 0 Å². The zero-order chi connectivity index (χ0) is 26.2. The maximum atomic E-state index is 13.2. The molecule has 0 heterocycles. The van der Waals surface area contributed by atoms with E-state index in [0.717, 1.165) is 18.3 Å². The van der Waals surface area contributed by atoms with E-state index in [-0.39, 0.29) is 26.9 Å². The Morgan fingerprint density at radius 3 is 2.54 bits per heavy atom. The molecule has 2 rings (SSSR count). The normalized spacial score (nSPS) is 12.2. The lowest BCUT2D eigenvalue weighted by molar-refractivity contribution is -0.139. The Kier molecular flexibility index (Phi) is 10.1. The summed E-state index contributed by atoms with van der Waals surface area (Å²) in [6, 6.07) is 7.42. The number of nitrogens with one attached hydrogen (secondary N) is 3. The van der Waals surface area contributed by atoms with Gasteiger partial charge in [0, 0.05) is 21.1 Å². The largest absolute Gasteiger partial charge is 0.483 e. The van der Waals surface area contributed by atoms with Gasteiger partial charge in [-0.1, -0.05) is 34.5 Å². The van der Waals surface area contributed by atoms with Gasteiger partial charge in [0.2, 0.25) is 0 Å². The Morgan fingerprint density at radius 2 is 1.89 bits per heavy atom. The van der Waals surface area contributed by atoms with Gasteiger partial charge in [-0.2, -0.15) is 18.3 Å². The fourth-order valence-corrected chi connectivity index (χ4v) is 3.09. The predicted octanol–water partition coefficient (Wildman–Crippen LogP) is 4.50. The first-order valence-corrected chi connectivity index (χ1v) is 11.3. The topological polar surface area (TPSA) is 109 Å². The molecule has 3 amide bonds. The summed E-state index contributed by atoms with van der Waals surface area (Å²) in [6.07, 6.45) is -2.90. The van der Waals surface area contributed by atoms with Gasteiger partial charge in [-0.3, -0.25) is 14.4 Å². The standard InChI is InChI=1S/C22H21BrClF3N4O4/c1-3-12(2)29-20(33)21(34)31-28-10-13-8-15(24)5-7-18(13)35-11-19(32)30-17-6-4-14(23)9-16(17)22(25,26)27/h4-10,12H,3,11H2,1-2H3,(H,29,33)(H,30,32)(H,31,34)/b28-10-/t12-/m0/s1. The van der Waals surface area contributed by atoms with Gasteiger partial charge in [-0.05, 0) is 49.7 Å². The number of ether oxygens (including phenoxy) is 1. The van der Waals surface area contributed by atoms with E-state index < -0.39 is 41.8 Å². The van der Waals surface area contributed by atoms with Crippen LogP contribution in [0.2, 0.25) is 5.02 Å². The number of hydrazone groups is 1. The number of rotatable bonds is 8. The zero-order valence-corrected chi connectivity index (χ0v) is 20.8. The lowest BCUT2D eigenvalue weighted by Crippen LogP contribution is -2.41. The smallest absolute Gasteiger partial charge is 0.418 e. The van der Waals surface area contributed by atoms with Crippen LogP contribution in [0.4, 0.5) is 18.9 Å². The van der Waals surface area contributed by atoms with Crippen LogP contribution in [0.3, 0.4) is 0 Å². The number of benzene rings is 2. The van der Waals surface area contributed by atoms with E-state index in [0.29, 0.717) is 6.42 Å². The molecule has 0 saturated carbocycles. The van der Waals surface area contributed by atoms with Crippen LogP contribution >= 0.6 is 27.5 Å². The summed E-state index contributed by atoms with van der Waals surface area (Å²) in [5, 5.41) is 8.62. The molecule has 13 heteroatoms. The first kappa shape index (κ1) is 28.1. The van der Waals surface area contributed by atoms with Crippen LogP contribution < -0.4 is 20.8 Å². The van der Waals surface area contributed by atoms with E-state index in [1.54, 1.807) is 6.92 Å². The highest BCUT2D eigenvalue weighted by atomic mass is 79.9. The van der Waals surface area contributed by atoms with E-state index in [1.807, 2.05) is 6.92 Å². The molecule has 0 aliphatic rings. The molecule has 0 unspecified atom stereocenters. The molecular formula is C22H21BrClF3N4O4. The third-order valence-corrected chi connectivity index (χ3v) is 5.19. The van der Waals surface area contributed by atoms with Crippen LogP contribution in [-0.4, -0.2) is 36.6 Å². The Morgan fingerprint density at radius 1 is 1.17 bits per heavy atom. The summed E-state index contributed by atoms with van der Waals surface area (Å²) >= 11 is 8.94. The second-order valence-corrected chi connectivity index (χ2v) is 8.54. The van der Waals surface area contributed by atoms with Crippen molar-refractivity contribution in [3.8, 4) is 5.75 Å². The number of anilines is 1. The minimum absolute atomic E-state index is 0.110. The molecule has 2 aromatic rings. The van der Waals surface area contributed by atoms with Crippen molar-refractivity contribution in [3.05, 3.63) is 57.0 Å². The van der Waals surface area contributed by atoms with E-state index in [9.17, 15) is 27.6 Å². The third-order valence-electron chi connectivity index (χ3n) is 4.46. The minimum Gasteiger partial charge on any atom is -0.483 e. The summed E-state index contributed by atoms with van der Waals surface area (Å²) in [4.78, 5) is 35.8. The van der Waals surface area contributed by atoms with Gasteiger partial charge in [-0.15, -0.1) is 0 Å². The van der Waals surface area contributed by atoms with Crippen molar-refractivity contribution in [2.75, 3.05) is 11.9 Å². The van der Waals surface area contributed by atoms with E-state index >= 15 is 0 Å². The van der Waals surface area contributed by atoms with Gasteiger partial charge in [0.15, 0.2) is 6.61 Å². The van der Waals surface area contributed by atoms with Gasteiger partial charge >= 0.3 is 18.0 Å². The van der Waals surface area contributed by atoms with Gasteiger partial charge in [0.05, 0.1) is 17.5 Å². The maximum Gasteiger partial charge on any atom is 0.418 e. The van der Waals surface area contributed by atoms with Gasteiger partial charge < -0.3 is 15.4 Å². The predicted molar refractivity (Wildman–Crippen MR) is 128 cm³/mol. The molecule has 2 aromatic carbocycles. The Balaban J connectivity index is 2.05. The molecule has 0 bridgehead atoms. The number of carbonyl (C=O) groups excluding carboxylic acids is 3. The highest BCUT2D eigenvalue weighted by Crippen LogP contribution is 2.36. The Labute approximate surface area is 212 Å². The molecule has 0 aliphatic carbocycles. The molecule has 1 atom stereocenters. The first-order valence-electron chi connectivity index (χ1n) is 10.1. The number of amides is 3. The van der Waals surface area contributed by atoms with Crippen molar-refractivity contribution >= 4 is 57.2 Å². The summed E-state index contributed by atoms with van der Waals surface area (Å²) in [7, 11) is 0. The summed E-state index contributed by atoms with van der Waals surface area (Å²) in [6.45, 7) is 2.95. The van der Waals surface area contributed by atoms with Crippen molar-refractivity contribution < 1.29 is 32.3 Å². The first-order chi connectivity index (χ1) is 16.4. The summed E-state index contributed by atoms with van der Waals surface area (Å²) in [5.74, 6) is -2.58. The third kappa shape index (κ3) is 8.87. The molecule has 3 N–H and O–H groups in total. The van der Waals surface area contributed by atoms with Crippen molar-refractivity contribution in [3.63, 3.8) is 0 Å². The molecule has 35 heavy (non-hydrogen) atoms. The number of nitrogens with zero attached hydrogens (tertiary/aromatic N) is 1. The van der Waals surface area contributed by atoms with Crippen LogP contribution in [0.15, 0.2) is 46.0 Å².